The molecule has 1 aliphatic carbocycles. The molecule has 0 radical (unpaired) electrons. The monoisotopic (exact) mass is 338 g/mol. The van der Waals surface area contributed by atoms with Gasteiger partial charge in [0.05, 0.1) is 0 Å². The van der Waals surface area contributed by atoms with Gasteiger partial charge in [-0.15, -0.1) is 0 Å². The number of nitrogens with one attached hydrogen (secondary N) is 1. The topological polar surface area (TPSA) is 86.7 Å². The fraction of sp³-hybridized carbons (Fsp3) is 0.267. The van der Waals surface area contributed by atoms with E-state index >= 15 is 0 Å². The molecule has 122 valence electrons. The Morgan fingerprint density at radius 2 is 1.91 bits per heavy atom. The molecule has 1 aromatic rings. The Morgan fingerprint density at radius 3 is 2.43 bits per heavy atom. The molecule has 6 nitrogen and oxygen atoms in total. The van der Waals surface area contributed by atoms with Crippen molar-refractivity contribution in [1.29, 1.82) is 0 Å². The van der Waals surface area contributed by atoms with Crippen molar-refractivity contribution < 1.29 is 22.2 Å². The lowest BCUT2D eigenvalue weighted by Crippen LogP contribution is -2.47. The first-order valence-electron chi connectivity index (χ1n) is 7.00. The first-order chi connectivity index (χ1) is 10.8. The maximum atomic E-state index is 14.3. The van der Waals surface area contributed by atoms with Crippen LogP contribution in [0.25, 0.3) is 0 Å². The van der Waals surface area contributed by atoms with Crippen LogP contribution in [0.2, 0.25) is 0 Å². The smallest absolute Gasteiger partial charge is 0.318 e. The molecule has 1 heterocycles. The normalized spacial score (nSPS) is 27.3. The maximum absolute atomic E-state index is 14.3. The molecule has 1 aromatic carbocycles. The van der Waals surface area contributed by atoms with Gasteiger partial charge >= 0.3 is 6.03 Å². The number of halogens is 1. The Hall–Kier alpha value is -2.19. The van der Waals surface area contributed by atoms with E-state index in [9.17, 15) is 17.6 Å². The van der Waals surface area contributed by atoms with Gasteiger partial charge in [0, 0.05) is 18.7 Å². The Balaban J connectivity index is 2.13. The number of amides is 2. The SMILES string of the molecule is O=C1NCCN1C1(c2ccccc2F)C=CC(S(=O)(=O)O)C=C1. The molecule has 8 heteroatoms. The van der Waals surface area contributed by atoms with Crippen molar-refractivity contribution in [3.8, 4) is 0 Å². The summed E-state index contributed by atoms with van der Waals surface area (Å²) in [4.78, 5) is 13.5. The van der Waals surface area contributed by atoms with Gasteiger partial charge in [-0.3, -0.25) is 4.55 Å². The number of carbonyl (C=O) groups is 1. The highest BCUT2D eigenvalue weighted by Crippen LogP contribution is 2.37. The lowest BCUT2D eigenvalue weighted by molar-refractivity contribution is 0.185. The molecule has 0 spiro atoms. The van der Waals surface area contributed by atoms with E-state index in [0.29, 0.717) is 13.1 Å². The summed E-state index contributed by atoms with van der Waals surface area (Å²) in [5.74, 6) is -0.508. The third-order valence-corrected chi connectivity index (χ3v) is 5.03. The summed E-state index contributed by atoms with van der Waals surface area (Å²) in [5.41, 5.74) is -0.994. The summed E-state index contributed by atoms with van der Waals surface area (Å²) in [6.07, 6.45) is 5.39. The molecule has 0 unspecified atom stereocenters. The average Bonchev–Trinajstić information content (AvgIpc) is 2.93. The van der Waals surface area contributed by atoms with Crippen molar-refractivity contribution in [2.45, 2.75) is 10.8 Å². The molecule has 2 N–H and O–H groups in total. The second-order valence-electron chi connectivity index (χ2n) is 5.39. The molecule has 23 heavy (non-hydrogen) atoms. The van der Waals surface area contributed by atoms with Crippen LogP contribution < -0.4 is 5.32 Å². The van der Waals surface area contributed by atoms with Crippen LogP contribution >= 0.6 is 0 Å². The van der Waals surface area contributed by atoms with E-state index in [-0.39, 0.29) is 11.6 Å². The van der Waals surface area contributed by atoms with E-state index in [1.807, 2.05) is 0 Å². The molecular formula is C15H15FN2O4S. The highest BCUT2D eigenvalue weighted by Gasteiger charge is 2.43. The van der Waals surface area contributed by atoms with Crippen molar-refractivity contribution >= 4 is 16.1 Å². The molecule has 0 bridgehead atoms. The fourth-order valence-electron chi connectivity index (χ4n) is 2.92. The Morgan fingerprint density at radius 1 is 1.26 bits per heavy atom. The van der Waals surface area contributed by atoms with Crippen LogP contribution in [-0.2, 0) is 15.7 Å². The highest BCUT2D eigenvalue weighted by atomic mass is 32.2. The van der Waals surface area contributed by atoms with Gasteiger partial charge in [-0.1, -0.05) is 42.5 Å². The van der Waals surface area contributed by atoms with Crippen molar-refractivity contribution in [3.05, 3.63) is 60.0 Å². The van der Waals surface area contributed by atoms with Crippen molar-refractivity contribution in [3.63, 3.8) is 0 Å². The largest absolute Gasteiger partial charge is 0.336 e. The predicted octanol–water partition coefficient (Wildman–Crippen LogP) is 1.43. The molecule has 2 aliphatic rings. The van der Waals surface area contributed by atoms with E-state index in [1.54, 1.807) is 12.1 Å². The predicted molar refractivity (Wildman–Crippen MR) is 81.8 cm³/mol. The average molecular weight is 338 g/mol. The van der Waals surface area contributed by atoms with Crippen molar-refractivity contribution in [1.82, 2.24) is 10.2 Å². The summed E-state index contributed by atoms with van der Waals surface area (Å²) in [6.45, 7) is 0.761. The zero-order chi connectivity index (χ0) is 16.7. The van der Waals surface area contributed by atoms with E-state index < -0.39 is 26.7 Å². The molecule has 1 saturated heterocycles. The summed E-state index contributed by atoms with van der Waals surface area (Å²) in [7, 11) is -4.29. The van der Waals surface area contributed by atoms with Gasteiger partial charge in [0.1, 0.15) is 16.6 Å². The van der Waals surface area contributed by atoms with Crippen LogP contribution in [0.15, 0.2) is 48.6 Å². The zero-order valence-electron chi connectivity index (χ0n) is 12.0. The molecule has 1 fully saturated rings. The van der Waals surface area contributed by atoms with Crippen molar-refractivity contribution in [2.24, 2.45) is 0 Å². The Labute approximate surface area is 133 Å². The number of hydrogen-bond donors (Lipinski definition) is 2. The second-order valence-corrected chi connectivity index (χ2v) is 6.96. The third-order valence-electron chi connectivity index (χ3n) is 4.03. The number of nitrogens with zero attached hydrogens (tertiary/aromatic N) is 1. The van der Waals surface area contributed by atoms with E-state index in [1.165, 1.54) is 41.3 Å². The van der Waals surface area contributed by atoms with Gasteiger partial charge in [0.2, 0.25) is 0 Å². The summed E-state index contributed by atoms with van der Waals surface area (Å²) in [6, 6.07) is 5.64. The summed E-state index contributed by atoms with van der Waals surface area (Å²) >= 11 is 0. The van der Waals surface area contributed by atoms with Crippen LogP contribution in [-0.4, -0.2) is 42.2 Å². The summed E-state index contributed by atoms with van der Waals surface area (Å²) in [5, 5.41) is 1.44. The fourth-order valence-corrected chi connectivity index (χ4v) is 3.47. The number of urea groups is 1. The molecular weight excluding hydrogens is 323 g/mol. The third kappa shape index (κ3) is 2.64. The number of hydrogen-bond acceptors (Lipinski definition) is 3. The molecule has 0 saturated carbocycles. The Kier molecular flexibility index (Phi) is 3.73. The van der Waals surface area contributed by atoms with Crippen LogP contribution in [0.1, 0.15) is 5.56 Å². The van der Waals surface area contributed by atoms with Crippen LogP contribution in [0.3, 0.4) is 0 Å². The Bertz CT molecular complexity index is 789. The highest BCUT2D eigenvalue weighted by molar-refractivity contribution is 7.86. The minimum absolute atomic E-state index is 0.235. The molecule has 2 amide bonds. The minimum Gasteiger partial charge on any atom is -0.336 e. The van der Waals surface area contributed by atoms with Crippen LogP contribution in [0, 0.1) is 5.82 Å². The number of benzene rings is 1. The van der Waals surface area contributed by atoms with Gasteiger partial charge in [-0.05, 0) is 6.07 Å². The standard InChI is InChI=1S/C15H15FN2O4S/c16-13-4-2-1-3-12(13)15(18-10-9-17-14(18)19)7-5-11(6-8-15)23(20,21)22/h1-8,11H,9-10H2,(H,17,19)(H,20,21,22). The quantitative estimate of drug-likeness (QED) is 0.645. The van der Waals surface area contributed by atoms with Gasteiger partial charge < -0.3 is 10.2 Å². The lowest BCUT2D eigenvalue weighted by Gasteiger charge is -2.39. The number of carbonyl (C=O) groups excluding carboxylic acids is 1. The second kappa shape index (κ2) is 5.47. The minimum atomic E-state index is -4.29. The molecule has 0 aromatic heterocycles. The lowest BCUT2D eigenvalue weighted by atomic mass is 9.84. The molecule has 1 aliphatic heterocycles. The van der Waals surface area contributed by atoms with Gasteiger partial charge in [-0.25, -0.2) is 9.18 Å². The van der Waals surface area contributed by atoms with Crippen molar-refractivity contribution in [2.75, 3.05) is 13.1 Å². The molecule has 0 atom stereocenters. The van der Waals surface area contributed by atoms with Gasteiger partial charge in [0.25, 0.3) is 10.1 Å². The van der Waals surface area contributed by atoms with Gasteiger partial charge in [-0.2, -0.15) is 8.42 Å². The van der Waals surface area contributed by atoms with Crippen LogP contribution in [0.5, 0.6) is 0 Å². The van der Waals surface area contributed by atoms with E-state index in [0.717, 1.165) is 0 Å². The number of rotatable bonds is 3. The zero-order valence-corrected chi connectivity index (χ0v) is 12.8. The van der Waals surface area contributed by atoms with E-state index in [4.69, 9.17) is 4.55 Å². The first-order valence-corrected chi connectivity index (χ1v) is 8.50. The first kappa shape index (κ1) is 15.7. The van der Waals surface area contributed by atoms with E-state index in [2.05, 4.69) is 5.32 Å². The molecule has 3 rings (SSSR count). The summed E-state index contributed by atoms with van der Waals surface area (Å²) < 4.78 is 46.0. The van der Waals surface area contributed by atoms with Gasteiger partial charge in [0.15, 0.2) is 0 Å². The van der Waals surface area contributed by atoms with Crippen LogP contribution in [0.4, 0.5) is 9.18 Å². The maximum Gasteiger partial charge on any atom is 0.318 e.